The molecule has 1 aromatic carbocycles. The van der Waals surface area contributed by atoms with Gasteiger partial charge in [-0.15, -0.1) is 0 Å². The van der Waals surface area contributed by atoms with Crippen LogP contribution in [0.2, 0.25) is 0 Å². The fourth-order valence-corrected chi connectivity index (χ4v) is 3.02. The highest BCUT2D eigenvalue weighted by molar-refractivity contribution is 6.06. The molecule has 2 aromatic heterocycles. The Hall–Kier alpha value is -3.55. The normalized spacial score (nSPS) is 16.0. The van der Waals surface area contributed by atoms with Gasteiger partial charge in [0.2, 0.25) is 5.95 Å². The van der Waals surface area contributed by atoms with E-state index in [9.17, 15) is 4.79 Å². The first kappa shape index (κ1) is 15.9. The number of aryl methyl sites for hydroxylation is 1. The molecule has 3 aromatic rings. The first-order valence-electron chi connectivity index (χ1n) is 8.18. The van der Waals surface area contributed by atoms with E-state index in [4.69, 9.17) is 0 Å². The maximum atomic E-state index is 13.1. The van der Waals surface area contributed by atoms with Crippen LogP contribution in [0.1, 0.15) is 24.2 Å². The van der Waals surface area contributed by atoms with Crippen molar-refractivity contribution < 1.29 is 4.79 Å². The smallest absolute Gasteiger partial charge is 0.255 e. The Morgan fingerprint density at radius 2 is 1.96 bits per heavy atom. The number of tetrazole rings is 1. The largest absolute Gasteiger partial charge is 0.326 e. The van der Waals surface area contributed by atoms with E-state index in [-0.39, 0.29) is 5.91 Å². The highest BCUT2D eigenvalue weighted by atomic mass is 16.1. The van der Waals surface area contributed by atoms with E-state index in [1.807, 2.05) is 56.3 Å². The molecule has 0 bridgehead atoms. The second kappa shape index (κ2) is 6.40. The van der Waals surface area contributed by atoms with Gasteiger partial charge in [-0.05, 0) is 48.0 Å². The summed E-state index contributed by atoms with van der Waals surface area (Å²) in [4.78, 5) is 17.5. The van der Waals surface area contributed by atoms with Crippen LogP contribution in [0.15, 0.2) is 59.9 Å². The lowest BCUT2D eigenvalue weighted by molar-refractivity contribution is -0.113. The summed E-state index contributed by atoms with van der Waals surface area (Å²) in [6, 6.07) is 12.7. The highest BCUT2D eigenvalue weighted by Gasteiger charge is 2.34. The third-order valence-electron chi connectivity index (χ3n) is 4.32. The van der Waals surface area contributed by atoms with Gasteiger partial charge in [0.15, 0.2) is 0 Å². The molecular formula is C18H17N7O. The van der Waals surface area contributed by atoms with Gasteiger partial charge in [-0.25, -0.2) is 0 Å². The quantitative estimate of drug-likeness (QED) is 0.754. The van der Waals surface area contributed by atoms with E-state index in [0.717, 1.165) is 11.3 Å². The van der Waals surface area contributed by atoms with Crippen LogP contribution in [0, 0.1) is 6.92 Å². The summed E-state index contributed by atoms with van der Waals surface area (Å²) in [6.45, 7) is 3.78. The number of hydrogen-bond donors (Lipinski definition) is 2. The van der Waals surface area contributed by atoms with Gasteiger partial charge in [0.1, 0.15) is 6.04 Å². The Morgan fingerprint density at radius 1 is 1.15 bits per heavy atom. The molecule has 1 atom stereocenters. The molecule has 8 heteroatoms. The summed E-state index contributed by atoms with van der Waals surface area (Å²) < 4.78 is 1.57. The number of amides is 1. The number of allylic oxidation sites excluding steroid dienone is 1. The molecule has 1 aliphatic heterocycles. The maximum Gasteiger partial charge on any atom is 0.255 e. The summed E-state index contributed by atoms with van der Waals surface area (Å²) in [6.07, 6.45) is 1.69. The fraction of sp³-hybridized carbons (Fsp3) is 0.167. The van der Waals surface area contributed by atoms with Crippen molar-refractivity contribution in [2.75, 3.05) is 10.6 Å². The number of benzene rings is 1. The third kappa shape index (κ3) is 2.71. The molecule has 2 N–H and O–H groups in total. The minimum Gasteiger partial charge on any atom is -0.326 e. The number of carbonyl (C=O) groups excluding carboxylic acids is 1. The van der Waals surface area contributed by atoms with Gasteiger partial charge in [0.25, 0.3) is 5.91 Å². The zero-order valence-corrected chi connectivity index (χ0v) is 14.3. The Labute approximate surface area is 150 Å². The number of aromatic nitrogens is 5. The topological polar surface area (TPSA) is 97.6 Å². The molecule has 3 heterocycles. The standard InChI is InChI=1S/C18H17N7O/c1-11-7-3-4-8-13(11)21-17(26)15-12(2)20-18-22-23-24-25(18)16(15)14-9-5-6-10-19-14/h3-10,16H,1-2H3,(H,21,26)(H,20,22,24). The second-order valence-corrected chi connectivity index (χ2v) is 6.04. The van der Waals surface area contributed by atoms with Gasteiger partial charge in [0.05, 0.1) is 11.3 Å². The molecule has 1 unspecified atom stereocenters. The van der Waals surface area contributed by atoms with Crippen LogP contribution >= 0.6 is 0 Å². The molecule has 26 heavy (non-hydrogen) atoms. The number of para-hydroxylation sites is 1. The molecule has 0 saturated carbocycles. The van der Waals surface area contributed by atoms with Crippen molar-refractivity contribution in [1.29, 1.82) is 0 Å². The van der Waals surface area contributed by atoms with Crippen LogP contribution in [-0.4, -0.2) is 31.1 Å². The summed E-state index contributed by atoms with van der Waals surface area (Å²) >= 11 is 0. The average molecular weight is 347 g/mol. The second-order valence-electron chi connectivity index (χ2n) is 6.04. The number of fused-ring (bicyclic) bond motifs is 1. The van der Waals surface area contributed by atoms with Crippen molar-refractivity contribution in [2.45, 2.75) is 19.9 Å². The van der Waals surface area contributed by atoms with Crippen LogP contribution in [0.25, 0.3) is 0 Å². The lowest BCUT2D eigenvalue weighted by Gasteiger charge is -2.27. The molecule has 0 fully saturated rings. The van der Waals surface area contributed by atoms with Crippen molar-refractivity contribution in [3.05, 3.63) is 71.2 Å². The number of nitrogens with zero attached hydrogens (tertiary/aromatic N) is 5. The Morgan fingerprint density at radius 3 is 2.73 bits per heavy atom. The summed E-state index contributed by atoms with van der Waals surface area (Å²) in [5.41, 5.74) is 3.65. The molecular weight excluding hydrogens is 330 g/mol. The number of rotatable bonds is 3. The third-order valence-corrected chi connectivity index (χ3v) is 4.32. The van der Waals surface area contributed by atoms with Crippen LogP contribution in [-0.2, 0) is 4.79 Å². The maximum absolute atomic E-state index is 13.1. The first-order valence-corrected chi connectivity index (χ1v) is 8.18. The minimum absolute atomic E-state index is 0.221. The van der Waals surface area contributed by atoms with E-state index < -0.39 is 6.04 Å². The van der Waals surface area contributed by atoms with Crippen molar-refractivity contribution >= 4 is 17.5 Å². The molecule has 0 radical (unpaired) electrons. The van der Waals surface area contributed by atoms with Crippen molar-refractivity contribution in [3.8, 4) is 0 Å². The number of carbonyl (C=O) groups is 1. The van der Waals surface area contributed by atoms with E-state index >= 15 is 0 Å². The van der Waals surface area contributed by atoms with E-state index in [2.05, 4.69) is 31.1 Å². The molecule has 4 rings (SSSR count). The number of pyridine rings is 1. The SMILES string of the molecule is CC1=C(C(=O)Nc2ccccc2C)C(c2ccccn2)n2nnnc2N1. The summed E-state index contributed by atoms with van der Waals surface area (Å²) in [7, 11) is 0. The number of hydrogen-bond acceptors (Lipinski definition) is 6. The molecule has 0 saturated heterocycles. The van der Waals surface area contributed by atoms with E-state index in [1.54, 1.807) is 10.9 Å². The molecule has 1 amide bonds. The molecule has 130 valence electrons. The van der Waals surface area contributed by atoms with Crippen LogP contribution in [0.4, 0.5) is 11.6 Å². The lowest BCUT2D eigenvalue weighted by Crippen LogP contribution is -2.32. The summed E-state index contributed by atoms with van der Waals surface area (Å²) in [5, 5.41) is 17.8. The molecule has 8 nitrogen and oxygen atoms in total. The Bertz CT molecular complexity index is 994. The van der Waals surface area contributed by atoms with Gasteiger partial charge in [0, 0.05) is 17.6 Å². The predicted molar refractivity (Wildman–Crippen MR) is 96.3 cm³/mol. The lowest BCUT2D eigenvalue weighted by atomic mass is 9.98. The zero-order chi connectivity index (χ0) is 18.1. The summed E-state index contributed by atoms with van der Waals surface area (Å²) in [5.74, 6) is 0.256. The Balaban J connectivity index is 1.77. The van der Waals surface area contributed by atoms with Gasteiger partial charge in [-0.1, -0.05) is 29.4 Å². The minimum atomic E-state index is -0.508. The van der Waals surface area contributed by atoms with Crippen molar-refractivity contribution in [1.82, 2.24) is 25.2 Å². The van der Waals surface area contributed by atoms with Crippen LogP contribution in [0.3, 0.4) is 0 Å². The molecule has 1 aliphatic rings. The fourth-order valence-electron chi connectivity index (χ4n) is 3.02. The van der Waals surface area contributed by atoms with Crippen molar-refractivity contribution in [3.63, 3.8) is 0 Å². The predicted octanol–water partition coefficient (Wildman–Crippen LogP) is 2.30. The first-order chi connectivity index (χ1) is 12.6. The molecule has 0 aliphatic carbocycles. The van der Waals surface area contributed by atoms with Crippen LogP contribution < -0.4 is 10.6 Å². The highest BCUT2D eigenvalue weighted by Crippen LogP contribution is 2.33. The molecule has 0 spiro atoms. The van der Waals surface area contributed by atoms with Crippen LogP contribution in [0.5, 0.6) is 0 Å². The van der Waals surface area contributed by atoms with Gasteiger partial charge < -0.3 is 10.6 Å². The Kier molecular flexibility index (Phi) is 3.92. The van der Waals surface area contributed by atoms with Gasteiger partial charge >= 0.3 is 0 Å². The van der Waals surface area contributed by atoms with Crippen molar-refractivity contribution in [2.24, 2.45) is 0 Å². The van der Waals surface area contributed by atoms with Gasteiger partial charge in [-0.3, -0.25) is 9.78 Å². The van der Waals surface area contributed by atoms with Gasteiger partial charge in [-0.2, -0.15) is 4.68 Å². The van der Waals surface area contributed by atoms with E-state index in [1.165, 1.54) is 0 Å². The number of nitrogens with one attached hydrogen (secondary N) is 2. The number of anilines is 2. The average Bonchev–Trinajstić information content (AvgIpc) is 3.11. The van der Waals surface area contributed by atoms with E-state index in [0.29, 0.717) is 22.9 Å². The zero-order valence-electron chi connectivity index (χ0n) is 14.3. The monoisotopic (exact) mass is 347 g/mol.